The van der Waals surface area contributed by atoms with Gasteiger partial charge in [-0.3, -0.25) is 9.89 Å². The number of ether oxygens (including phenoxy) is 1. The maximum absolute atomic E-state index is 11.4. The molecule has 6 heteroatoms. The molecule has 2 aromatic rings. The van der Waals surface area contributed by atoms with E-state index in [1.807, 2.05) is 18.2 Å². The third kappa shape index (κ3) is 3.17. The molecular weight excluding hydrogens is 247 g/mol. The fraction of sp³-hybridized carbons (Fsp3) is 0.0909. The average molecular weight is 258 g/mol. The van der Waals surface area contributed by atoms with Gasteiger partial charge in [0.15, 0.2) is 5.69 Å². The van der Waals surface area contributed by atoms with Crippen LogP contribution in [-0.2, 0) is 4.74 Å². The van der Waals surface area contributed by atoms with E-state index in [2.05, 4.69) is 9.84 Å². The standard InChI is InChI=1S/C11H10N2O3.K.H/c1-16-11(15)9-7-10(14)12-13(9)8-5-3-2-4-6-8;;/h2-7H,1H3,(H,12,14);;/q;+1;-1. The number of esters is 1. The van der Waals surface area contributed by atoms with Crippen molar-refractivity contribution in [1.82, 2.24) is 9.78 Å². The van der Waals surface area contributed by atoms with Gasteiger partial charge in [-0.15, -0.1) is 0 Å². The minimum Gasteiger partial charge on any atom is -1.00 e. The minimum absolute atomic E-state index is 0. The van der Waals surface area contributed by atoms with Crippen molar-refractivity contribution in [1.29, 1.82) is 0 Å². The maximum atomic E-state index is 11.4. The Morgan fingerprint density at radius 3 is 2.59 bits per heavy atom. The third-order valence-electron chi connectivity index (χ3n) is 2.14. The van der Waals surface area contributed by atoms with Crippen molar-refractivity contribution in [2.45, 2.75) is 0 Å². The second-order valence-corrected chi connectivity index (χ2v) is 3.17. The molecule has 0 bridgehead atoms. The molecule has 0 amide bonds. The molecule has 2 rings (SSSR count). The Labute approximate surface area is 142 Å². The van der Waals surface area contributed by atoms with Gasteiger partial charge in [-0.2, -0.15) is 0 Å². The van der Waals surface area contributed by atoms with E-state index < -0.39 is 5.97 Å². The van der Waals surface area contributed by atoms with Gasteiger partial charge < -0.3 is 6.16 Å². The minimum atomic E-state index is -0.554. The number of aromatic amines is 1. The van der Waals surface area contributed by atoms with Crippen LogP contribution in [0.3, 0.4) is 0 Å². The number of nitrogens with zero attached hydrogens (tertiary/aromatic N) is 1. The summed E-state index contributed by atoms with van der Waals surface area (Å²) < 4.78 is 5.99. The molecule has 17 heavy (non-hydrogen) atoms. The summed E-state index contributed by atoms with van der Waals surface area (Å²) in [5, 5.41) is 2.54. The van der Waals surface area contributed by atoms with Crippen LogP contribution in [-0.4, -0.2) is 22.9 Å². The molecule has 84 valence electrons. The first kappa shape index (κ1) is 14.4. The fourth-order valence-electron chi connectivity index (χ4n) is 1.43. The van der Waals surface area contributed by atoms with Gasteiger partial charge >= 0.3 is 57.4 Å². The van der Waals surface area contributed by atoms with Crippen LogP contribution in [0.1, 0.15) is 11.9 Å². The van der Waals surface area contributed by atoms with Crippen LogP contribution < -0.4 is 56.9 Å². The molecule has 0 saturated heterocycles. The summed E-state index contributed by atoms with van der Waals surface area (Å²) in [7, 11) is 1.27. The number of hydrogen-bond donors (Lipinski definition) is 1. The van der Waals surface area contributed by atoms with Gasteiger partial charge in [0.05, 0.1) is 12.8 Å². The Hall–Kier alpha value is -0.664. The first-order valence-corrected chi connectivity index (χ1v) is 4.68. The number of hydrogen-bond acceptors (Lipinski definition) is 3. The SMILES string of the molecule is COC(=O)c1cc(=O)[nH]n1-c1ccccc1.[H-].[K+]. The normalized spacial score (nSPS) is 9.47. The summed E-state index contributed by atoms with van der Waals surface area (Å²) in [5.74, 6) is -0.554. The molecule has 0 fully saturated rings. The Kier molecular flexibility index (Phi) is 5.35. The van der Waals surface area contributed by atoms with Crippen molar-refractivity contribution in [3.05, 3.63) is 52.4 Å². The maximum Gasteiger partial charge on any atom is 1.00 e. The number of carbonyl (C=O) groups is 1. The van der Waals surface area contributed by atoms with Gasteiger partial charge in [-0.05, 0) is 12.1 Å². The summed E-state index contributed by atoms with van der Waals surface area (Å²) in [4.78, 5) is 22.6. The second-order valence-electron chi connectivity index (χ2n) is 3.17. The van der Waals surface area contributed by atoms with Crippen molar-refractivity contribution in [3.63, 3.8) is 0 Å². The van der Waals surface area contributed by atoms with E-state index in [9.17, 15) is 9.59 Å². The van der Waals surface area contributed by atoms with E-state index in [1.54, 1.807) is 12.1 Å². The van der Waals surface area contributed by atoms with E-state index >= 15 is 0 Å². The van der Waals surface area contributed by atoms with Gasteiger partial charge in [0, 0.05) is 6.07 Å². The predicted molar refractivity (Wildman–Crippen MR) is 58.8 cm³/mol. The van der Waals surface area contributed by atoms with Crippen molar-refractivity contribution < 1.29 is 62.3 Å². The Balaban J connectivity index is 0.00000144. The molecule has 0 aliphatic rings. The Morgan fingerprint density at radius 1 is 1.35 bits per heavy atom. The fourth-order valence-corrected chi connectivity index (χ4v) is 1.43. The topological polar surface area (TPSA) is 64.1 Å². The molecule has 0 saturated carbocycles. The number of nitrogens with one attached hydrogen (secondary N) is 1. The van der Waals surface area contributed by atoms with E-state index in [0.717, 1.165) is 0 Å². The largest absolute Gasteiger partial charge is 1.00 e. The van der Waals surface area contributed by atoms with Gasteiger partial charge in [0.1, 0.15) is 0 Å². The smallest absolute Gasteiger partial charge is 1.00 e. The number of carbonyl (C=O) groups excluding carboxylic acids is 1. The Bertz CT molecular complexity index is 565. The summed E-state index contributed by atoms with van der Waals surface area (Å²) in [5.41, 5.74) is 0.535. The first-order valence-electron chi connectivity index (χ1n) is 4.68. The molecule has 0 unspecified atom stereocenters. The summed E-state index contributed by atoms with van der Waals surface area (Å²) in [6.45, 7) is 0. The van der Waals surface area contributed by atoms with E-state index in [1.165, 1.54) is 17.9 Å². The van der Waals surface area contributed by atoms with Crippen molar-refractivity contribution in [2.24, 2.45) is 0 Å². The predicted octanol–water partition coefficient (Wildman–Crippen LogP) is -1.93. The first-order chi connectivity index (χ1) is 7.72. The molecule has 0 aliphatic carbocycles. The molecule has 0 radical (unpaired) electrons. The average Bonchev–Trinajstić information content (AvgIpc) is 2.71. The van der Waals surface area contributed by atoms with Crippen LogP contribution in [0.5, 0.6) is 0 Å². The van der Waals surface area contributed by atoms with Gasteiger partial charge in [-0.25, -0.2) is 9.48 Å². The van der Waals surface area contributed by atoms with Crippen LogP contribution in [0.25, 0.3) is 5.69 Å². The number of aromatic nitrogens is 2. The van der Waals surface area contributed by atoms with Crippen LogP contribution in [0.2, 0.25) is 0 Å². The van der Waals surface area contributed by atoms with E-state index in [-0.39, 0.29) is 64.1 Å². The van der Waals surface area contributed by atoms with E-state index in [4.69, 9.17) is 0 Å². The number of H-pyrrole nitrogens is 1. The van der Waals surface area contributed by atoms with E-state index in [0.29, 0.717) is 5.69 Å². The molecule has 0 atom stereocenters. The van der Waals surface area contributed by atoms with Gasteiger partial charge in [-0.1, -0.05) is 18.2 Å². The molecule has 0 aliphatic heterocycles. The van der Waals surface area contributed by atoms with Gasteiger partial charge in [0.2, 0.25) is 0 Å². The zero-order valence-corrected chi connectivity index (χ0v) is 12.8. The number of rotatable bonds is 2. The van der Waals surface area contributed by atoms with Crippen molar-refractivity contribution in [2.75, 3.05) is 7.11 Å². The molecular formula is C11H11KN2O3. The molecule has 1 N–H and O–H groups in total. The zero-order chi connectivity index (χ0) is 11.5. The summed E-state index contributed by atoms with van der Waals surface area (Å²) >= 11 is 0. The van der Waals surface area contributed by atoms with Crippen molar-refractivity contribution in [3.8, 4) is 5.69 Å². The molecule has 0 spiro atoms. The molecule has 1 aromatic heterocycles. The molecule has 1 aromatic carbocycles. The number of methoxy groups -OCH3 is 1. The number of para-hydroxylation sites is 1. The molecule has 1 heterocycles. The van der Waals surface area contributed by atoms with Crippen LogP contribution in [0.4, 0.5) is 0 Å². The van der Waals surface area contributed by atoms with Crippen LogP contribution in [0.15, 0.2) is 41.2 Å². The van der Waals surface area contributed by atoms with Crippen LogP contribution in [0, 0.1) is 0 Å². The van der Waals surface area contributed by atoms with Crippen LogP contribution >= 0.6 is 0 Å². The number of benzene rings is 1. The second kappa shape index (κ2) is 6.32. The zero-order valence-electron chi connectivity index (χ0n) is 10.6. The van der Waals surface area contributed by atoms with Crippen molar-refractivity contribution >= 4 is 5.97 Å². The Morgan fingerprint density at radius 2 is 2.00 bits per heavy atom. The monoisotopic (exact) mass is 258 g/mol. The van der Waals surface area contributed by atoms with Gasteiger partial charge in [0.25, 0.3) is 5.56 Å². The molecule has 5 nitrogen and oxygen atoms in total. The quantitative estimate of drug-likeness (QED) is 0.504. The summed E-state index contributed by atoms with van der Waals surface area (Å²) in [6.07, 6.45) is 0. The third-order valence-corrected chi connectivity index (χ3v) is 2.14. The summed E-state index contributed by atoms with van der Waals surface area (Å²) in [6, 6.07) is 10.2.